The van der Waals surface area contributed by atoms with Crippen LogP contribution >= 0.6 is 0 Å². The molecule has 1 aromatic heterocycles. The lowest BCUT2D eigenvalue weighted by Crippen LogP contribution is -2.31. The van der Waals surface area contributed by atoms with Crippen LogP contribution in [0.3, 0.4) is 0 Å². The van der Waals surface area contributed by atoms with E-state index >= 15 is 0 Å². The predicted octanol–water partition coefficient (Wildman–Crippen LogP) is 5.36. The average Bonchev–Trinajstić information content (AvgIpc) is 3.19. The van der Waals surface area contributed by atoms with E-state index < -0.39 is 42.1 Å². The maximum atomic E-state index is 13.2. The Labute approximate surface area is 195 Å². The molecule has 0 bridgehead atoms. The van der Waals surface area contributed by atoms with Crippen LogP contribution in [0.1, 0.15) is 51.5 Å². The summed E-state index contributed by atoms with van der Waals surface area (Å²) < 4.78 is 78.3. The normalized spacial score (nSPS) is 12.0. The van der Waals surface area contributed by atoms with Gasteiger partial charge >= 0.3 is 12.4 Å². The van der Waals surface area contributed by atoms with E-state index in [1.54, 1.807) is 26.0 Å². The number of halogens is 6. The molecule has 0 aliphatic carbocycles. The summed E-state index contributed by atoms with van der Waals surface area (Å²) in [6, 6.07) is 11.4. The Hall–Kier alpha value is -3.83. The van der Waals surface area contributed by atoms with E-state index in [4.69, 9.17) is 0 Å². The van der Waals surface area contributed by atoms with Gasteiger partial charge in [-0.2, -0.15) is 31.4 Å². The molecule has 6 nitrogen and oxygen atoms in total. The van der Waals surface area contributed by atoms with Crippen LogP contribution in [0.4, 0.5) is 32.0 Å². The molecule has 0 spiro atoms. The van der Waals surface area contributed by atoms with Crippen LogP contribution in [0, 0.1) is 0 Å². The second-order valence-electron chi connectivity index (χ2n) is 7.89. The molecule has 0 aliphatic rings. The largest absolute Gasteiger partial charge is 0.435 e. The number of hydrogen-bond acceptors (Lipinski definition) is 3. The van der Waals surface area contributed by atoms with Crippen molar-refractivity contribution in [1.82, 2.24) is 15.1 Å². The minimum Gasteiger partial charge on any atom is -0.350 e. The highest BCUT2D eigenvalue weighted by molar-refractivity contribution is 6.12. The maximum Gasteiger partial charge on any atom is 0.435 e. The summed E-state index contributed by atoms with van der Waals surface area (Å²) in [6.07, 6.45) is -10.1. The lowest BCUT2D eigenvalue weighted by Gasteiger charge is -2.13. The summed E-state index contributed by atoms with van der Waals surface area (Å²) in [6.45, 7) is 2.97. The predicted molar refractivity (Wildman–Crippen MR) is 115 cm³/mol. The van der Waals surface area contributed by atoms with Gasteiger partial charge in [0.15, 0.2) is 5.69 Å². The molecule has 0 radical (unpaired) electrons. The lowest BCUT2D eigenvalue weighted by molar-refractivity contribution is -0.144. The molecule has 3 rings (SSSR count). The molecule has 2 aromatic carbocycles. The van der Waals surface area contributed by atoms with Crippen molar-refractivity contribution in [3.05, 3.63) is 82.7 Å². The van der Waals surface area contributed by atoms with Crippen molar-refractivity contribution in [3.8, 4) is 0 Å². The van der Waals surface area contributed by atoms with Crippen LogP contribution in [-0.4, -0.2) is 27.6 Å². The Bertz CT molecular complexity index is 1210. The number of carbonyl (C=O) groups is 2. The van der Waals surface area contributed by atoms with Crippen LogP contribution in [0.5, 0.6) is 0 Å². The monoisotopic (exact) mass is 498 g/mol. The second-order valence-corrected chi connectivity index (χ2v) is 7.89. The van der Waals surface area contributed by atoms with Crippen LogP contribution in [0.25, 0.3) is 0 Å². The van der Waals surface area contributed by atoms with Gasteiger partial charge in [-0.3, -0.25) is 14.3 Å². The van der Waals surface area contributed by atoms with Gasteiger partial charge in [0.05, 0.1) is 17.7 Å². The summed E-state index contributed by atoms with van der Waals surface area (Å²) in [4.78, 5) is 25.1. The van der Waals surface area contributed by atoms with Crippen LogP contribution < -0.4 is 10.6 Å². The Balaban J connectivity index is 1.78. The summed E-state index contributed by atoms with van der Waals surface area (Å²) in [5.74, 6) is -1.02. The molecule has 0 atom stereocenters. The fourth-order valence-corrected chi connectivity index (χ4v) is 3.19. The molecule has 186 valence electrons. The number of rotatable bonds is 6. The highest BCUT2D eigenvalue weighted by Gasteiger charge is 2.41. The fraction of sp³-hybridized carbons (Fsp3) is 0.261. The zero-order valence-electron chi connectivity index (χ0n) is 18.5. The van der Waals surface area contributed by atoms with Crippen molar-refractivity contribution in [3.63, 3.8) is 0 Å². The topological polar surface area (TPSA) is 76.0 Å². The first-order valence-corrected chi connectivity index (χ1v) is 10.3. The number of aromatic nitrogens is 2. The Morgan fingerprint density at radius 3 is 1.97 bits per heavy atom. The van der Waals surface area contributed by atoms with Gasteiger partial charge in [0.25, 0.3) is 11.8 Å². The van der Waals surface area contributed by atoms with E-state index in [1.165, 1.54) is 36.4 Å². The molecule has 0 fully saturated rings. The minimum atomic E-state index is -5.03. The van der Waals surface area contributed by atoms with Gasteiger partial charge in [0.2, 0.25) is 0 Å². The van der Waals surface area contributed by atoms with E-state index in [1.807, 2.05) is 0 Å². The number of anilines is 1. The molecule has 0 saturated heterocycles. The summed E-state index contributed by atoms with van der Waals surface area (Å²) in [7, 11) is 0. The highest BCUT2D eigenvalue weighted by Crippen LogP contribution is 2.35. The number of nitrogens with zero attached hydrogens (tertiary/aromatic N) is 2. The molecular formula is C23H20F6N4O2. The smallest absolute Gasteiger partial charge is 0.350 e. The molecule has 2 amide bonds. The molecule has 2 N–H and O–H groups in total. The van der Waals surface area contributed by atoms with Crippen LogP contribution in [-0.2, 0) is 18.9 Å². The van der Waals surface area contributed by atoms with Gasteiger partial charge in [0, 0.05) is 17.8 Å². The summed E-state index contributed by atoms with van der Waals surface area (Å²) >= 11 is 0. The van der Waals surface area contributed by atoms with Crippen molar-refractivity contribution in [1.29, 1.82) is 0 Å². The van der Waals surface area contributed by atoms with E-state index in [0.717, 1.165) is 0 Å². The molecule has 0 saturated carbocycles. The third-order valence-electron chi connectivity index (χ3n) is 4.74. The van der Waals surface area contributed by atoms with E-state index in [2.05, 4.69) is 15.7 Å². The number of alkyl halides is 6. The van der Waals surface area contributed by atoms with Crippen molar-refractivity contribution < 1.29 is 35.9 Å². The van der Waals surface area contributed by atoms with Crippen molar-refractivity contribution in [2.45, 2.75) is 38.8 Å². The van der Waals surface area contributed by atoms with E-state index in [-0.39, 0.29) is 39.2 Å². The standard InChI is InChI=1S/C23H20F6N4O2/c1-13(2)30-20(34)16-5-3-4-6-17(16)21(35)31-15-9-7-14(8-10-15)12-33-19(23(27,28)29)11-18(32-33)22(24,25)26/h3-11,13H,12H2,1-2H3,(H,30,34)(H,31,35). The second kappa shape index (κ2) is 9.80. The zero-order valence-corrected chi connectivity index (χ0v) is 18.5. The minimum absolute atomic E-state index is 0.0402. The third kappa shape index (κ3) is 6.40. The van der Waals surface area contributed by atoms with Gasteiger partial charge in [0.1, 0.15) is 5.69 Å². The first-order chi connectivity index (χ1) is 16.3. The summed E-state index contributed by atoms with van der Waals surface area (Å²) in [5, 5.41) is 8.35. The lowest BCUT2D eigenvalue weighted by atomic mass is 10.1. The van der Waals surface area contributed by atoms with Crippen molar-refractivity contribution in [2.75, 3.05) is 5.32 Å². The highest BCUT2D eigenvalue weighted by atomic mass is 19.4. The average molecular weight is 498 g/mol. The van der Waals surface area contributed by atoms with Gasteiger partial charge in [-0.15, -0.1) is 0 Å². The Morgan fingerprint density at radius 2 is 1.46 bits per heavy atom. The number of benzene rings is 2. The number of amides is 2. The first kappa shape index (κ1) is 25.8. The van der Waals surface area contributed by atoms with Gasteiger partial charge in [-0.05, 0) is 43.7 Å². The van der Waals surface area contributed by atoms with Gasteiger partial charge in [-0.1, -0.05) is 24.3 Å². The zero-order chi connectivity index (χ0) is 26.0. The van der Waals surface area contributed by atoms with Crippen molar-refractivity contribution >= 4 is 17.5 Å². The SMILES string of the molecule is CC(C)NC(=O)c1ccccc1C(=O)Nc1ccc(Cn2nc(C(F)(F)F)cc2C(F)(F)F)cc1. The number of carbonyl (C=O) groups excluding carboxylic acids is 2. The molecule has 3 aromatic rings. The van der Waals surface area contributed by atoms with E-state index in [9.17, 15) is 35.9 Å². The van der Waals surface area contributed by atoms with Gasteiger partial charge < -0.3 is 10.6 Å². The number of hydrogen-bond donors (Lipinski definition) is 2. The van der Waals surface area contributed by atoms with Crippen LogP contribution in [0.15, 0.2) is 54.6 Å². The maximum absolute atomic E-state index is 13.2. The Morgan fingerprint density at radius 1 is 0.886 bits per heavy atom. The molecular weight excluding hydrogens is 478 g/mol. The molecule has 0 unspecified atom stereocenters. The van der Waals surface area contributed by atoms with Crippen LogP contribution in [0.2, 0.25) is 0 Å². The fourth-order valence-electron chi connectivity index (χ4n) is 3.19. The third-order valence-corrected chi connectivity index (χ3v) is 4.74. The molecule has 0 aliphatic heterocycles. The number of nitrogens with one attached hydrogen (secondary N) is 2. The van der Waals surface area contributed by atoms with Gasteiger partial charge in [-0.25, -0.2) is 0 Å². The molecule has 35 heavy (non-hydrogen) atoms. The molecule has 12 heteroatoms. The van der Waals surface area contributed by atoms with Crippen molar-refractivity contribution in [2.24, 2.45) is 0 Å². The van der Waals surface area contributed by atoms with E-state index in [0.29, 0.717) is 0 Å². The first-order valence-electron chi connectivity index (χ1n) is 10.3. The quantitative estimate of drug-likeness (QED) is 0.450. The molecule has 1 heterocycles. The Kier molecular flexibility index (Phi) is 7.22. The summed E-state index contributed by atoms with van der Waals surface area (Å²) in [5.41, 5.74) is -2.41.